The summed E-state index contributed by atoms with van der Waals surface area (Å²) >= 11 is 0. The molecule has 0 spiro atoms. The molecule has 0 radical (unpaired) electrons. The molecule has 0 atom stereocenters. The monoisotopic (exact) mass is 438 g/mol. The Morgan fingerprint density at radius 2 is 1.62 bits per heavy atom. The van der Waals surface area contributed by atoms with E-state index in [1.807, 2.05) is 53.8 Å². The van der Waals surface area contributed by atoms with E-state index in [0.29, 0.717) is 19.1 Å². The number of aryl methyl sites for hydroxylation is 2. The van der Waals surface area contributed by atoms with Gasteiger partial charge in [0.2, 0.25) is 0 Å². The Morgan fingerprint density at radius 3 is 2.28 bits per heavy atom. The van der Waals surface area contributed by atoms with Crippen LogP contribution in [-0.2, 0) is 0 Å². The largest absolute Gasteiger partial charge is 0.335 e. The van der Waals surface area contributed by atoms with Crippen LogP contribution in [0.4, 0.5) is 15.3 Å². The second-order valence-corrected chi connectivity index (χ2v) is 9.03. The van der Waals surface area contributed by atoms with E-state index >= 15 is 0 Å². The molecular weight excluding hydrogens is 404 g/mol. The Morgan fingerprint density at radius 1 is 0.938 bits per heavy atom. The second-order valence-electron chi connectivity index (χ2n) is 9.03. The van der Waals surface area contributed by atoms with Gasteiger partial charge in [0.1, 0.15) is 0 Å². The molecule has 2 aromatic rings. The van der Waals surface area contributed by atoms with Crippen molar-refractivity contribution in [3.63, 3.8) is 0 Å². The summed E-state index contributed by atoms with van der Waals surface area (Å²) in [6.07, 6.45) is 7.34. The van der Waals surface area contributed by atoms with Gasteiger partial charge in [0.15, 0.2) is 0 Å². The molecule has 8 heteroatoms. The Kier molecular flexibility index (Phi) is 6.97. The number of nitrogens with zero attached hydrogens (tertiary/aromatic N) is 3. The third-order valence-corrected chi connectivity index (χ3v) is 6.41. The van der Waals surface area contributed by atoms with Crippen molar-refractivity contribution < 1.29 is 9.59 Å². The number of hydrogen-bond acceptors (Lipinski definition) is 3. The van der Waals surface area contributed by atoms with Gasteiger partial charge >= 0.3 is 12.1 Å². The predicted octanol–water partition coefficient (Wildman–Crippen LogP) is 4.12. The Hall–Kier alpha value is -3.03. The molecule has 1 aromatic heterocycles. The summed E-state index contributed by atoms with van der Waals surface area (Å²) in [5.74, 6) is 0. The topological polar surface area (TPSA) is 91.3 Å². The Bertz CT molecular complexity index is 942. The van der Waals surface area contributed by atoms with Gasteiger partial charge in [-0.3, -0.25) is 0 Å². The van der Waals surface area contributed by atoms with E-state index < -0.39 is 0 Å². The van der Waals surface area contributed by atoms with Gasteiger partial charge in [-0.1, -0.05) is 25.3 Å². The minimum absolute atomic E-state index is 0.0687. The van der Waals surface area contributed by atoms with Crippen LogP contribution in [0.25, 0.3) is 5.69 Å². The van der Waals surface area contributed by atoms with Crippen molar-refractivity contribution in [3.05, 3.63) is 41.7 Å². The lowest BCUT2D eigenvalue weighted by Crippen LogP contribution is -2.51. The van der Waals surface area contributed by atoms with E-state index in [-0.39, 0.29) is 18.1 Å². The first-order chi connectivity index (χ1) is 15.5. The molecule has 1 saturated heterocycles. The van der Waals surface area contributed by atoms with Crippen LogP contribution in [-0.4, -0.2) is 51.9 Å². The average molecular weight is 439 g/mol. The molecule has 32 heavy (non-hydrogen) atoms. The van der Waals surface area contributed by atoms with E-state index in [2.05, 4.69) is 21.0 Å². The maximum absolute atomic E-state index is 12.8. The summed E-state index contributed by atoms with van der Waals surface area (Å²) in [5, 5.41) is 13.7. The number of carbonyl (C=O) groups is 2. The van der Waals surface area contributed by atoms with Crippen LogP contribution in [0.1, 0.15) is 56.3 Å². The van der Waals surface area contributed by atoms with Crippen LogP contribution < -0.4 is 16.0 Å². The molecule has 2 heterocycles. The van der Waals surface area contributed by atoms with Crippen molar-refractivity contribution in [3.8, 4) is 5.69 Å². The first-order valence-corrected chi connectivity index (χ1v) is 11.7. The highest BCUT2D eigenvalue weighted by Crippen LogP contribution is 2.19. The summed E-state index contributed by atoms with van der Waals surface area (Å²) in [4.78, 5) is 26.9. The zero-order chi connectivity index (χ0) is 22.5. The number of likely N-dealkylation sites (tertiary alicyclic amines) is 1. The zero-order valence-electron chi connectivity index (χ0n) is 19.1. The minimum Gasteiger partial charge on any atom is -0.335 e. The van der Waals surface area contributed by atoms with Gasteiger partial charge in [0.25, 0.3) is 0 Å². The normalized spacial score (nSPS) is 17.8. The molecule has 1 aliphatic heterocycles. The number of rotatable bonds is 4. The van der Waals surface area contributed by atoms with E-state index in [1.165, 1.54) is 19.3 Å². The fourth-order valence-electron chi connectivity index (χ4n) is 4.69. The first kappa shape index (κ1) is 22.2. The number of benzene rings is 1. The van der Waals surface area contributed by atoms with Gasteiger partial charge in [0.05, 0.1) is 11.4 Å². The molecular formula is C24H34N6O2. The summed E-state index contributed by atoms with van der Waals surface area (Å²) < 4.78 is 1.88. The van der Waals surface area contributed by atoms with Crippen molar-refractivity contribution in [2.45, 2.75) is 70.9 Å². The van der Waals surface area contributed by atoms with Crippen LogP contribution in [0.5, 0.6) is 0 Å². The van der Waals surface area contributed by atoms with Gasteiger partial charge in [-0.05, 0) is 63.8 Å². The van der Waals surface area contributed by atoms with Crippen LogP contribution in [0, 0.1) is 13.8 Å². The van der Waals surface area contributed by atoms with Crippen molar-refractivity contribution in [2.75, 3.05) is 18.4 Å². The van der Waals surface area contributed by atoms with Crippen molar-refractivity contribution in [1.82, 2.24) is 25.3 Å². The summed E-state index contributed by atoms with van der Waals surface area (Å²) in [5.41, 5.74) is 3.67. The Balaban J connectivity index is 1.25. The lowest BCUT2D eigenvalue weighted by molar-refractivity contribution is 0.186. The molecule has 2 aliphatic rings. The van der Waals surface area contributed by atoms with Gasteiger partial charge in [-0.2, -0.15) is 5.10 Å². The van der Waals surface area contributed by atoms with Gasteiger partial charge < -0.3 is 20.9 Å². The maximum Gasteiger partial charge on any atom is 0.321 e. The maximum atomic E-state index is 12.8. The highest BCUT2D eigenvalue weighted by molar-refractivity contribution is 5.89. The zero-order valence-corrected chi connectivity index (χ0v) is 19.1. The molecule has 1 aliphatic carbocycles. The predicted molar refractivity (Wildman–Crippen MR) is 125 cm³/mol. The van der Waals surface area contributed by atoms with Gasteiger partial charge in [-0.15, -0.1) is 0 Å². The number of anilines is 1. The van der Waals surface area contributed by atoms with Crippen LogP contribution >= 0.6 is 0 Å². The van der Waals surface area contributed by atoms with E-state index in [1.54, 1.807) is 0 Å². The molecule has 1 aromatic carbocycles. The quantitative estimate of drug-likeness (QED) is 0.671. The molecule has 172 valence electrons. The lowest BCUT2D eigenvalue weighted by Gasteiger charge is -2.33. The van der Waals surface area contributed by atoms with E-state index in [9.17, 15) is 9.59 Å². The summed E-state index contributed by atoms with van der Waals surface area (Å²) in [7, 11) is 0. The van der Waals surface area contributed by atoms with Crippen LogP contribution in [0.3, 0.4) is 0 Å². The SMILES string of the molecule is Cc1cc(C)n(-c2cccc(NC(=O)N3CCC(NC(=O)NC4CCCCC4)CC3)c2)n1. The number of hydrogen-bond donors (Lipinski definition) is 3. The van der Waals surface area contributed by atoms with E-state index in [4.69, 9.17) is 0 Å². The number of aromatic nitrogens is 2. The summed E-state index contributed by atoms with van der Waals surface area (Å²) in [6, 6.07) is 9.97. The van der Waals surface area contributed by atoms with Gasteiger partial charge in [-0.25, -0.2) is 14.3 Å². The Labute approximate surface area is 189 Å². The number of urea groups is 2. The number of amides is 4. The molecule has 4 amide bonds. The second kappa shape index (κ2) is 10.1. The van der Waals surface area contributed by atoms with E-state index in [0.717, 1.165) is 48.4 Å². The molecule has 4 rings (SSSR count). The number of carbonyl (C=O) groups excluding carboxylic acids is 2. The molecule has 0 unspecified atom stereocenters. The molecule has 0 bridgehead atoms. The van der Waals surface area contributed by atoms with Gasteiger partial charge in [0, 0.05) is 36.6 Å². The molecule has 3 N–H and O–H groups in total. The van der Waals surface area contributed by atoms with Crippen molar-refractivity contribution in [2.24, 2.45) is 0 Å². The number of nitrogens with one attached hydrogen (secondary N) is 3. The smallest absolute Gasteiger partial charge is 0.321 e. The van der Waals surface area contributed by atoms with Crippen LogP contribution in [0.2, 0.25) is 0 Å². The van der Waals surface area contributed by atoms with Crippen molar-refractivity contribution >= 4 is 17.7 Å². The number of piperidine rings is 1. The average Bonchev–Trinajstić information content (AvgIpc) is 3.13. The molecule has 1 saturated carbocycles. The fourth-order valence-corrected chi connectivity index (χ4v) is 4.69. The molecule has 2 fully saturated rings. The molecule has 8 nitrogen and oxygen atoms in total. The third-order valence-electron chi connectivity index (χ3n) is 6.41. The highest BCUT2D eigenvalue weighted by atomic mass is 16.2. The minimum atomic E-state index is -0.111. The van der Waals surface area contributed by atoms with Crippen molar-refractivity contribution in [1.29, 1.82) is 0 Å². The highest BCUT2D eigenvalue weighted by Gasteiger charge is 2.25. The first-order valence-electron chi connectivity index (χ1n) is 11.7. The standard InChI is InChI=1S/C24H34N6O2/c1-17-15-18(2)30(28-17)22-10-6-9-21(16-22)27-24(32)29-13-11-20(12-14-29)26-23(31)25-19-7-4-3-5-8-19/h6,9-10,15-16,19-20H,3-5,7-8,11-14H2,1-2H3,(H,27,32)(H2,25,26,31). The van der Waals surface area contributed by atoms with Crippen LogP contribution in [0.15, 0.2) is 30.3 Å². The fraction of sp³-hybridized carbons (Fsp3) is 0.542. The summed E-state index contributed by atoms with van der Waals surface area (Å²) in [6.45, 7) is 5.22. The lowest BCUT2D eigenvalue weighted by atomic mass is 9.96. The third kappa shape index (κ3) is 5.60.